The van der Waals surface area contributed by atoms with E-state index in [2.05, 4.69) is 56.8 Å². The third-order valence-corrected chi connectivity index (χ3v) is 6.42. The van der Waals surface area contributed by atoms with Gasteiger partial charge in [0.05, 0.1) is 12.4 Å². The van der Waals surface area contributed by atoms with Gasteiger partial charge >= 0.3 is 0 Å². The monoisotopic (exact) mass is 510 g/mol. The Labute approximate surface area is 225 Å². The number of ether oxygens (including phenoxy) is 3. The van der Waals surface area contributed by atoms with E-state index in [1.165, 1.54) is 11.6 Å². The summed E-state index contributed by atoms with van der Waals surface area (Å²) in [4.78, 5) is 0. The summed E-state index contributed by atoms with van der Waals surface area (Å²) in [5.74, 6) is 1.76. The summed E-state index contributed by atoms with van der Waals surface area (Å²) in [5, 5.41) is 0. The molecule has 0 aliphatic carbocycles. The van der Waals surface area contributed by atoms with Crippen molar-refractivity contribution >= 4 is 0 Å². The minimum absolute atomic E-state index is 0.277. The summed E-state index contributed by atoms with van der Waals surface area (Å²) >= 11 is 0. The van der Waals surface area contributed by atoms with Gasteiger partial charge in [0.25, 0.3) is 0 Å². The second kappa shape index (κ2) is 13.0. The van der Waals surface area contributed by atoms with Crippen molar-refractivity contribution in [3.63, 3.8) is 0 Å². The van der Waals surface area contributed by atoms with E-state index in [4.69, 9.17) is 14.2 Å². The van der Waals surface area contributed by atoms with Gasteiger partial charge in [0, 0.05) is 12.5 Å². The van der Waals surface area contributed by atoms with E-state index < -0.39 is 0 Å². The molecule has 4 aromatic carbocycles. The highest BCUT2D eigenvalue weighted by Gasteiger charge is 2.11. The number of rotatable bonds is 12. The summed E-state index contributed by atoms with van der Waals surface area (Å²) in [6.45, 7) is 11.4. The summed E-state index contributed by atoms with van der Waals surface area (Å²) in [6, 6.07) is 27.7. The number of allylic oxidation sites excluding steroid dienone is 1. The third kappa shape index (κ3) is 7.25. The Kier molecular flexibility index (Phi) is 9.21. The van der Waals surface area contributed by atoms with Crippen LogP contribution in [0.5, 0.6) is 11.5 Å². The van der Waals surface area contributed by atoms with Crippen LogP contribution < -0.4 is 9.47 Å². The van der Waals surface area contributed by atoms with Crippen molar-refractivity contribution in [2.45, 2.75) is 46.8 Å². The first-order valence-corrected chi connectivity index (χ1v) is 13.0. The molecule has 0 amide bonds. The lowest BCUT2D eigenvalue weighted by Gasteiger charge is -2.15. The SMILES string of the molecule is C=C(CCc1ccc(OCc2cccc(-c3c(C)cc(OCc4ccccc4)cc3C)c2)cc1F)OCC. The Bertz CT molecular complexity index is 1350. The lowest BCUT2D eigenvalue weighted by molar-refractivity contribution is 0.220. The molecule has 0 radical (unpaired) electrons. The zero-order valence-corrected chi connectivity index (χ0v) is 22.4. The molecule has 0 bridgehead atoms. The molecule has 0 unspecified atom stereocenters. The summed E-state index contributed by atoms with van der Waals surface area (Å²) in [5.41, 5.74) is 7.38. The van der Waals surface area contributed by atoms with Gasteiger partial charge in [0.15, 0.2) is 0 Å². The van der Waals surface area contributed by atoms with Crippen LogP contribution in [0.2, 0.25) is 0 Å². The molecule has 4 heteroatoms. The number of aryl methyl sites for hydroxylation is 3. The van der Waals surface area contributed by atoms with E-state index in [-0.39, 0.29) is 5.82 Å². The maximum atomic E-state index is 14.6. The molecule has 0 atom stereocenters. The first-order valence-electron chi connectivity index (χ1n) is 13.0. The average Bonchev–Trinajstić information content (AvgIpc) is 2.91. The quantitative estimate of drug-likeness (QED) is 0.178. The highest BCUT2D eigenvalue weighted by Crippen LogP contribution is 2.32. The highest BCUT2D eigenvalue weighted by atomic mass is 19.1. The fourth-order valence-electron chi connectivity index (χ4n) is 4.56. The smallest absolute Gasteiger partial charge is 0.130 e. The highest BCUT2D eigenvalue weighted by molar-refractivity contribution is 5.72. The summed E-state index contributed by atoms with van der Waals surface area (Å²) < 4.78 is 32.0. The van der Waals surface area contributed by atoms with Crippen LogP contribution in [0.4, 0.5) is 4.39 Å². The van der Waals surface area contributed by atoms with E-state index in [0.29, 0.717) is 49.7 Å². The Balaban J connectivity index is 1.40. The average molecular weight is 511 g/mol. The van der Waals surface area contributed by atoms with Crippen molar-refractivity contribution in [1.29, 1.82) is 0 Å². The topological polar surface area (TPSA) is 27.7 Å². The molecule has 0 aliphatic rings. The van der Waals surface area contributed by atoms with Crippen LogP contribution >= 0.6 is 0 Å². The van der Waals surface area contributed by atoms with Crippen LogP contribution in [0.3, 0.4) is 0 Å². The molecule has 0 aromatic heterocycles. The van der Waals surface area contributed by atoms with Crippen LogP contribution in [0.25, 0.3) is 11.1 Å². The fourth-order valence-corrected chi connectivity index (χ4v) is 4.56. The van der Waals surface area contributed by atoms with Crippen LogP contribution in [-0.2, 0) is 24.4 Å². The Hall–Kier alpha value is -4.05. The van der Waals surface area contributed by atoms with Gasteiger partial charge in [-0.05, 0) is 90.4 Å². The molecule has 4 aromatic rings. The minimum Gasteiger partial charge on any atom is -0.499 e. The van der Waals surface area contributed by atoms with Crippen LogP contribution in [0, 0.1) is 19.7 Å². The van der Waals surface area contributed by atoms with Crippen molar-refractivity contribution in [2.75, 3.05) is 6.61 Å². The Morgan fingerprint density at radius 3 is 2.16 bits per heavy atom. The van der Waals surface area contributed by atoms with Crippen molar-refractivity contribution in [2.24, 2.45) is 0 Å². The van der Waals surface area contributed by atoms with Crippen LogP contribution in [-0.4, -0.2) is 6.61 Å². The van der Waals surface area contributed by atoms with E-state index in [1.807, 2.05) is 43.3 Å². The van der Waals surface area contributed by atoms with Gasteiger partial charge in [-0.15, -0.1) is 0 Å². The molecule has 0 saturated heterocycles. The maximum Gasteiger partial charge on any atom is 0.130 e. The largest absolute Gasteiger partial charge is 0.499 e. The standard InChI is InChI=1S/C34H35FO3/c1-5-36-26(4)14-15-29-16-17-31(21-33(29)35)37-23-28-12-9-13-30(20-28)34-24(2)18-32(19-25(34)3)38-22-27-10-7-6-8-11-27/h6-13,16-21H,4-5,14-15,22-23H2,1-3H3. The molecule has 4 rings (SSSR count). The molecular formula is C34H35FO3. The molecule has 0 aliphatic heterocycles. The molecule has 0 saturated carbocycles. The first-order chi connectivity index (χ1) is 18.4. The Morgan fingerprint density at radius 1 is 0.763 bits per heavy atom. The van der Waals surface area contributed by atoms with Gasteiger partial charge in [-0.3, -0.25) is 0 Å². The predicted molar refractivity (Wildman–Crippen MR) is 152 cm³/mol. The molecule has 196 valence electrons. The number of benzene rings is 4. The van der Waals surface area contributed by atoms with Crippen molar-refractivity contribution in [1.82, 2.24) is 0 Å². The molecule has 0 fully saturated rings. The third-order valence-electron chi connectivity index (χ3n) is 6.42. The van der Waals surface area contributed by atoms with Gasteiger partial charge < -0.3 is 14.2 Å². The van der Waals surface area contributed by atoms with E-state index in [0.717, 1.165) is 33.6 Å². The van der Waals surface area contributed by atoms with E-state index >= 15 is 0 Å². The lowest BCUT2D eigenvalue weighted by Crippen LogP contribution is -2.00. The molecule has 0 N–H and O–H groups in total. The van der Waals surface area contributed by atoms with Gasteiger partial charge in [-0.1, -0.05) is 61.2 Å². The van der Waals surface area contributed by atoms with E-state index in [1.54, 1.807) is 6.07 Å². The summed E-state index contributed by atoms with van der Waals surface area (Å²) in [6.07, 6.45) is 1.14. The second-order valence-corrected chi connectivity index (χ2v) is 9.42. The first kappa shape index (κ1) is 27.0. The lowest BCUT2D eigenvalue weighted by atomic mass is 9.94. The number of hydrogen-bond acceptors (Lipinski definition) is 3. The zero-order chi connectivity index (χ0) is 26.9. The van der Waals surface area contributed by atoms with Gasteiger partial charge in [-0.2, -0.15) is 0 Å². The number of halogens is 1. The van der Waals surface area contributed by atoms with Crippen LogP contribution in [0.15, 0.2) is 97.3 Å². The van der Waals surface area contributed by atoms with E-state index in [9.17, 15) is 4.39 Å². The number of hydrogen-bond donors (Lipinski definition) is 0. The second-order valence-electron chi connectivity index (χ2n) is 9.42. The maximum absolute atomic E-state index is 14.6. The fraction of sp³-hybridized carbons (Fsp3) is 0.235. The normalized spacial score (nSPS) is 10.7. The molecular weight excluding hydrogens is 475 g/mol. The molecule has 0 spiro atoms. The molecule has 3 nitrogen and oxygen atoms in total. The van der Waals surface area contributed by atoms with Crippen molar-refractivity contribution in [3.05, 3.63) is 131 Å². The van der Waals surface area contributed by atoms with Gasteiger partial charge in [0.1, 0.15) is 30.5 Å². The van der Waals surface area contributed by atoms with Crippen molar-refractivity contribution in [3.8, 4) is 22.6 Å². The Morgan fingerprint density at radius 2 is 1.45 bits per heavy atom. The predicted octanol–water partition coefficient (Wildman–Crippen LogP) is 8.75. The molecule has 0 heterocycles. The summed E-state index contributed by atoms with van der Waals surface area (Å²) in [7, 11) is 0. The van der Waals surface area contributed by atoms with Gasteiger partial charge in [0.2, 0.25) is 0 Å². The van der Waals surface area contributed by atoms with Crippen molar-refractivity contribution < 1.29 is 18.6 Å². The molecule has 38 heavy (non-hydrogen) atoms. The minimum atomic E-state index is -0.277. The zero-order valence-electron chi connectivity index (χ0n) is 22.4. The van der Waals surface area contributed by atoms with Gasteiger partial charge in [-0.25, -0.2) is 4.39 Å². The van der Waals surface area contributed by atoms with Crippen LogP contribution in [0.1, 0.15) is 41.2 Å².